The number of hydrogen-bond acceptors (Lipinski definition) is 2. The van der Waals surface area contributed by atoms with Crippen molar-refractivity contribution in [1.29, 1.82) is 0 Å². The second-order valence-corrected chi connectivity index (χ2v) is 5.22. The highest BCUT2D eigenvalue weighted by Gasteiger charge is 2.14. The Morgan fingerprint density at radius 1 is 1.39 bits per heavy atom. The molecule has 0 spiro atoms. The van der Waals surface area contributed by atoms with Crippen LogP contribution in [0.25, 0.3) is 0 Å². The molecule has 1 aliphatic heterocycles. The molecule has 98 valence electrons. The minimum absolute atomic E-state index is 0.0451. The van der Waals surface area contributed by atoms with Gasteiger partial charge in [0.1, 0.15) is 0 Å². The van der Waals surface area contributed by atoms with Crippen LogP contribution in [0.3, 0.4) is 0 Å². The van der Waals surface area contributed by atoms with E-state index >= 15 is 0 Å². The molecule has 0 aromatic heterocycles. The van der Waals surface area contributed by atoms with Gasteiger partial charge in [-0.05, 0) is 69.0 Å². The van der Waals surface area contributed by atoms with Gasteiger partial charge in [-0.3, -0.25) is 4.79 Å². The first-order valence-corrected chi connectivity index (χ1v) is 6.73. The highest BCUT2D eigenvalue weighted by atomic mass is 16.1. The van der Waals surface area contributed by atoms with Crippen molar-refractivity contribution in [2.75, 3.05) is 19.6 Å². The fourth-order valence-electron chi connectivity index (χ4n) is 2.32. The van der Waals surface area contributed by atoms with Crippen molar-refractivity contribution >= 4 is 5.91 Å². The molecule has 3 nitrogen and oxygen atoms in total. The van der Waals surface area contributed by atoms with Crippen molar-refractivity contribution in [3.05, 3.63) is 34.9 Å². The lowest BCUT2D eigenvalue weighted by molar-refractivity contribution is 0.0944. The number of amides is 1. The number of carbonyl (C=O) groups excluding carboxylic acids is 1. The van der Waals surface area contributed by atoms with Crippen LogP contribution in [-0.4, -0.2) is 25.5 Å². The van der Waals surface area contributed by atoms with Gasteiger partial charge in [-0.1, -0.05) is 6.07 Å². The summed E-state index contributed by atoms with van der Waals surface area (Å²) in [5.74, 6) is 0.623. The lowest BCUT2D eigenvalue weighted by Gasteiger charge is -2.22. The van der Waals surface area contributed by atoms with Gasteiger partial charge < -0.3 is 10.6 Å². The Morgan fingerprint density at radius 2 is 2.22 bits per heavy atom. The number of benzene rings is 1. The normalized spacial score (nSPS) is 19.6. The van der Waals surface area contributed by atoms with Gasteiger partial charge in [0.2, 0.25) is 0 Å². The number of nitrogens with one attached hydrogen (secondary N) is 2. The Kier molecular flexibility index (Phi) is 4.37. The predicted molar refractivity (Wildman–Crippen MR) is 73.8 cm³/mol. The van der Waals surface area contributed by atoms with Crippen molar-refractivity contribution in [3.63, 3.8) is 0 Å². The van der Waals surface area contributed by atoms with Crippen molar-refractivity contribution in [2.24, 2.45) is 5.92 Å². The van der Waals surface area contributed by atoms with E-state index in [0.717, 1.165) is 25.2 Å². The van der Waals surface area contributed by atoms with Gasteiger partial charge in [0, 0.05) is 12.1 Å². The molecule has 1 aromatic rings. The van der Waals surface area contributed by atoms with Gasteiger partial charge >= 0.3 is 0 Å². The Balaban J connectivity index is 1.88. The molecule has 1 fully saturated rings. The molecule has 1 aromatic carbocycles. The van der Waals surface area contributed by atoms with E-state index in [-0.39, 0.29) is 5.91 Å². The summed E-state index contributed by atoms with van der Waals surface area (Å²) in [6.45, 7) is 7.01. The molecule has 1 saturated heterocycles. The number of piperidine rings is 1. The molecule has 0 aliphatic carbocycles. The van der Waals surface area contributed by atoms with Crippen LogP contribution >= 0.6 is 0 Å². The number of rotatable bonds is 3. The predicted octanol–water partition coefficient (Wildman–Crippen LogP) is 2.03. The molecular formula is C15H22N2O. The van der Waals surface area contributed by atoms with Gasteiger partial charge in [0.25, 0.3) is 5.91 Å². The topological polar surface area (TPSA) is 41.1 Å². The summed E-state index contributed by atoms with van der Waals surface area (Å²) in [5.41, 5.74) is 3.16. The third-order valence-electron chi connectivity index (χ3n) is 3.72. The molecule has 1 atom stereocenters. The van der Waals surface area contributed by atoms with Gasteiger partial charge in [-0.25, -0.2) is 0 Å². The quantitative estimate of drug-likeness (QED) is 0.857. The van der Waals surface area contributed by atoms with Crippen LogP contribution in [0.4, 0.5) is 0 Å². The average Bonchev–Trinajstić information content (AvgIpc) is 2.40. The third-order valence-corrected chi connectivity index (χ3v) is 3.72. The fraction of sp³-hybridized carbons (Fsp3) is 0.533. The largest absolute Gasteiger partial charge is 0.352 e. The van der Waals surface area contributed by atoms with Crippen LogP contribution in [0.5, 0.6) is 0 Å². The van der Waals surface area contributed by atoms with E-state index in [1.54, 1.807) is 0 Å². The first-order chi connectivity index (χ1) is 8.66. The summed E-state index contributed by atoms with van der Waals surface area (Å²) in [7, 11) is 0. The molecule has 0 saturated carbocycles. The van der Waals surface area contributed by atoms with E-state index < -0.39 is 0 Å². The van der Waals surface area contributed by atoms with Gasteiger partial charge in [0.05, 0.1) is 0 Å². The molecule has 1 unspecified atom stereocenters. The molecule has 1 amide bonds. The maximum Gasteiger partial charge on any atom is 0.251 e. The van der Waals surface area contributed by atoms with E-state index in [1.165, 1.54) is 24.0 Å². The molecule has 1 aliphatic rings. The summed E-state index contributed by atoms with van der Waals surface area (Å²) in [4.78, 5) is 12.0. The van der Waals surface area contributed by atoms with Crippen molar-refractivity contribution in [2.45, 2.75) is 26.7 Å². The Morgan fingerprint density at radius 3 is 2.89 bits per heavy atom. The van der Waals surface area contributed by atoms with E-state index in [4.69, 9.17) is 0 Å². The van der Waals surface area contributed by atoms with Crippen molar-refractivity contribution < 1.29 is 4.79 Å². The minimum Gasteiger partial charge on any atom is -0.352 e. The summed E-state index contributed by atoms with van der Waals surface area (Å²) in [5, 5.41) is 6.40. The molecule has 2 rings (SSSR count). The molecule has 3 heteroatoms. The van der Waals surface area contributed by atoms with Crippen molar-refractivity contribution in [1.82, 2.24) is 10.6 Å². The van der Waals surface area contributed by atoms with Crippen LogP contribution in [0.15, 0.2) is 18.2 Å². The summed E-state index contributed by atoms with van der Waals surface area (Å²) in [6, 6.07) is 5.87. The lowest BCUT2D eigenvalue weighted by atomic mass is 9.99. The zero-order valence-electron chi connectivity index (χ0n) is 11.3. The Labute approximate surface area is 109 Å². The Bertz CT molecular complexity index is 423. The molecule has 1 heterocycles. The molecule has 0 bridgehead atoms. The first kappa shape index (κ1) is 13.1. The maximum absolute atomic E-state index is 12.0. The van der Waals surface area contributed by atoms with E-state index in [2.05, 4.69) is 17.6 Å². The third kappa shape index (κ3) is 3.33. The number of carbonyl (C=O) groups is 1. The maximum atomic E-state index is 12.0. The summed E-state index contributed by atoms with van der Waals surface area (Å²) in [6.07, 6.45) is 2.42. The number of hydrogen-bond donors (Lipinski definition) is 2. The standard InChI is InChI=1S/C15H22N2O/c1-11-5-6-14(8-12(11)2)15(18)17-10-13-4-3-7-16-9-13/h5-6,8,13,16H,3-4,7,9-10H2,1-2H3,(H,17,18). The van der Waals surface area contributed by atoms with Crippen LogP contribution < -0.4 is 10.6 Å². The first-order valence-electron chi connectivity index (χ1n) is 6.73. The Hall–Kier alpha value is -1.35. The molecule has 0 radical (unpaired) electrons. The fourth-order valence-corrected chi connectivity index (χ4v) is 2.32. The van der Waals surface area contributed by atoms with E-state index in [0.29, 0.717) is 5.92 Å². The highest BCUT2D eigenvalue weighted by Crippen LogP contribution is 2.11. The van der Waals surface area contributed by atoms with Crippen LogP contribution in [-0.2, 0) is 0 Å². The van der Waals surface area contributed by atoms with Gasteiger partial charge in [-0.15, -0.1) is 0 Å². The zero-order chi connectivity index (χ0) is 13.0. The second-order valence-electron chi connectivity index (χ2n) is 5.22. The van der Waals surface area contributed by atoms with Gasteiger partial charge in [0.15, 0.2) is 0 Å². The monoisotopic (exact) mass is 246 g/mol. The molecule has 18 heavy (non-hydrogen) atoms. The minimum atomic E-state index is 0.0451. The smallest absolute Gasteiger partial charge is 0.251 e. The summed E-state index contributed by atoms with van der Waals surface area (Å²) < 4.78 is 0. The average molecular weight is 246 g/mol. The van der Waals surface area contributed by atoms with Crippen LogP contribution in [0, 0.1) is 19.8 Å². The van der Waals surface area contributed by atoms with E-state index in [9.17, 15) is 4.79 Å². The molecular weight excluding hydrogens is 224 g/mol. The molecule has 2 N–H and O–H groups in total. The lowest BCUT2D eigenvalue weighted by Crippen LogP contribution is -2.38. The van der Waals surface area contributed by atoms with Crippen LogP contribution in [0.1, 0.15) is 34.3 Å². The highest BCUT2D eigenvalue weighted by molar-refractivity contribution is 5.94. The zero-order valence-corrected chi connectivity index (χ0v) is 11.3. The SMILES string of the molecule is Cc1ccc(C(=O)NCC2CCCNC2)cc1C. The van der Waals surface area contributed by atoms with Gasteiger partial charge in [-0.2, -0.15) is 0 Å². The summed E-state index contributed by atoms with van der Waals surface area (Å²) >= 11 is 0. The number of aryl methyl sites for hydroxylation is 2. The van der Waals surface area contributed by atoms with E-state index in [1.807, 2.05) is 25.1 Å². The van der Waals surface area contributed by atoms with Crippen LogP contribution in [0.2, 0.25) is 0 Å². The van der Waals surface area contributed by atoms with Crippen molar-refractivity contribution in [3.8, 4) is 0 Å². The second kappa shape index (κ2) is 6.01.